The fraction of sp³-hybridized carbons (Fsp3) is 1.00. The van der Waals surface area contributed by atoms with E-state index in [0.29, 0.717) is 6.04 Å². The highest BCUT2D eigenvalue weighted by molar-refractivity contribution is 4.73. The Morgan fingerprint density at radius 2 is 2.31 bits per heavy atom. The third kappa shape index (κ3) is 3.63. The Morgan fingerprint density at radius 3 is 2.92 bits per heavy atom. The molecule has 0 N–H and O–H groups in total. The van der Waals surface area contributed by atoms with E-state index in [-0.39, 0.29) is 6.10 Å². The molecule has 3 heteroatoms. The first kappa shape index (κ1) is 11.0. The molecule has 13 heavy (non-hydrogen) atoms. The zero-order valence-electron chi connectivity index (χ0n) is 8.95. The van der Waals surface area contributed by atoms with Crippen molar-refractivity contribution in [1.82, 2.24) is 4.90 Å². The molecule has 3 nitrogen and oxygen atoms in total. The van der Waals surface area contributed by atoms with Crippen LogP contribution in [-0.4, -0.2) is 50.0 Å². The van der Waals surface area contributed by atoms with Crippen LogP contribution in [0.4, 0.5) is 0 Å². The minimum absolute atomic E-state index is 0.274. The van der Waals surface area contributed by atoms with Gasteiger partial charge in [0.05, 0.1) is 19.3 Å². The van der Waals surface area contributed by atoms with Crippen molar-refractivity contribution in [2.45, 2.75) is 32.9 Å². The van der Waals surface area contributed by atoms with Gasteiger partial charge < -0.3 is 9.47 Å². The molecule has 1 rings (SSSR count). The lowest BCUT2D eigenvalue weighted by Crippen LogP contribution is -2.47. The van der Waals surface area contributed by atoms with Gasteiger partial charge in [-0.15, -0.1) is 0 Å². The van der Waals surface area contributed by atoms with Crippen molar-refractivity contribution < 1.29 is 9.47 Å². The average Bonchev–Trinajstić information content (AvgIpc) is 2.15. The Hall–Kier alpha value is -0.120. The summed E-state index contributed by atoms with van der Waals surface area (Å²) in [5.41, 5.74) is 0. The van der Waals surface area contributed by atoms with E-state index in [2.05, 4.69) is 18.7 Å². The molecular formula is C10H21NO2. The van der Waals surface area contributed by atoms with E-state index in [1.165, 1.54) is 0 Å². The summed E-state index contributed by atoms with van der Waals surface area (Å²) in [6.45, 7) is 10.9. The van der Waals surface area contributed by atoms with Crippen molar-refractivity contribution in [3.8, 4) is 0 Å². The van der Waals surface area contributed by atoms with Crippen molar-refractivity contribution in [3.05, 3.63) is 0 Å². The molecule has 1 atom stereocenters. The van der Waals surface area contributed by atoms with E-state index in [1.807, 2.05) is 6.92 Å². The molecule has 0 spiro atoms. The van der Waals surface area contributed by atoms with Gasteiger partial charge in [-0.1, -0.05) is 0 Å². The van der Waals surface area contributed by atoms with Crippen LogP contribution in [0.3, 0.4) is 0 Å². The highest BCUT2D eigenvalue weighted by atomic mass is 16.5. The van der Waals surface area contributed by atoms with Crippen LogP contribution >= 0.6 is 0 Å². The molecular weight excluding hydrogens is 166 g/mol. The smallest absolute Gasteiger partial charge is 0.0935 e. The normalized spacial score (nSPS) is 25.4. The molecule has 1 aliphatic heterocycles. The molecule has 1 aliphatic rings. The van der Waals surface area contributed by atoms with Crippen molar-refractivity contribution >= 4 is 0 Å². The first-order valence-corrected chi connectivity index (χ1v) is 5.17. The van der Waals surface area contributed by atoms with Crippen LogP contribution < -0.4 is 0 Å². The van der Waals surface area contributed by atoms with E-state index in [0.717, 1.165) is 32.9 Å². The van der Waals surface area contributed by atoms with E-state index in [1.54, 1.807) is 0 Å². The van der Waals surface area contributed by atoms with Gasteiger partial charge in [-0.3, -0.25) is 4.90 Å². The molecule has 0 aromatic carbocycles. The van der Waals surface area contributed by atoms with Crippen molar-refractivity contribution in [2.75, 3.05) is 32.9 Å². The summed E-state index contributed by atoms with van der Waals surface area (Å²) in [6.07, 6.45) is 0.274. The first-order chi connectivity index (χ1) is 6.24. The standard InChI is InChI=1S/C10H21NO2/c1-4-12-8-10-7-11(9(2)3)5-6-13-10/h9-10H,4-8H2,1-3H3. The van der Waals surface area contributed by atoms with Gasteiger partial charge in [-0.2, -0.15) is 0 Å². The van der Waals surface area contributed by atoms with Crippen molar-refractivity contribution in [1.29, 1.82) is 0 Å². The zero-order chi connectivity index (χ0) is 9.68. The van der Waals surface area contributed by atoms with E-state index in [9.17, 15) is 0 Å². The monoisotopic (exact) mass is 187 g/mol. The molecule has 78 valence electrons. The molecule has 1 heterocycles. The molecule has 0 bridgehead atoms. The summed E-state index contributed by atoms with van der Waals surface area (Å²) in [7, 11) is 0. The highest BCUT2D eigenvalue weighted by Gasteiger charge is 2.21. The lowest BCUT2D eigenvalue weighted by molar-refractivity contribution is -0.0743. The van der Waals surface area contributed by atoms with E-state index >= 15 is 0 Å². The van der Waals surface area contributed by atoms with Crippen LogP contribution in [0.25, 0.3) is 0 Å². The van der Waals surface area contributed by atoms with E-state index < -0.39 is 0 Å². The number of ether oxygens (including phenoxy) is 2. The maximum absolute atomic E-state index is 5.59. The second-order valence-corrected chi connectivity index (χ2v) is 3.74. The van der Waals surface area contributed by atoms with Gasteiger partial charge in [0.25, 0.3) is 0 Å². The van der Waals surface area contributed by atoms with Gasteiger partial charge in [-0.05, 0) is 20.8 Å². The van der Waals surface area contributed by atoms with Crippen LogP contribution in [0.5, 0.6) is 0 Å². The molecule has 0 radical (unpaired) electrons. The third-order valence-corrected chi connectivity index (χ3v) is 2.41. The van der Waals surface area contributed by atoms with Crippen LogP contribution in [0.2, 0.25) is 0 Å². The minimum atomic E-state index is 0.274. The molecule has 0 amide bonds. The predicted octanol–water partition coefficient (Wildman–Crippen LogP) is 1.13. The lowest BCUT2D eigenvalue weighted by atomic mass is 10.2. The second kappa shape index (κ2) is 5.58. The van der Waals surface area contributed by atoms with Gasteiger partial charge in [0.15, 0.2) is 0 Å². The number of morpholine rings is 1. The van der Waals surface area contributed by atoms with Gasteiger partial charge in [-0.25, -0.2) is 0 Å². The maximum atomic E-state index is 5.59. The molecule has 1 unspecified atom stereocenters. The summed E-state index contributed by atoms with van der Waals surface area (Å²) in [5, 5.41) is 0. The molecule has 0 saturated carbocycles. The summed E-state index contributed by atoms with van der Waals surface area (Å²) in [5.74, 6) is 0. The van der Waals surface area contributed by atoms with Crippen molar-refractivity contribution in [3.63, 3.8) is 0 Å². The number of hydrogen-bond donors (Lipinski definition) is 0. The average molecular weight is 187 g/mol. The highest BCUT2D eigenvalue weighted by Crippen LogP contribution is 2.08. The molecule has 1 saturated heterocycles. The third-order valence-electron chi connectivity index (χ3n) is 2.41. The SMILES string of the molecule is CCOCC1CN(C(C)C)CCO1. The quantitative estimate of drug-likeness (QED) is 0.658. The fourth-order valence-electron chi connectivity index (χ4n) is 1.56. The molecule has 0 aromatic rings. The van der Waals surface area contributed by atoms with Crippen LogP contribution in [-0.2, 0) is 9.47 Å². The van der Waals surface area contributed by atoms with Crippen LogP contribution in [0, 0.1) is 0 Å². The Labute approximate surface area is 81.0 Å². The molecule has 1 fully saturated rings. The topological polar surface area (TPSA) is 21.7 Å². The summed E-state index contributed by atoms with van der Waals surface area (Å²) < 4.78 is 10.9. The van der Waals surface area contributed by atoms with Gasteiger partial charge >= 0.3 is 0 Å². The minimum Gasteiger partial charge on any atom is -0.379 e. The van der Waals surface area contributed by atoms with Gasteiger partial charge in [0.1, 0.15) is 0 Å². The Bertz CT molecular complexity index is 139. The molecule has 0 aliphatic carbocycles. The predicted molar refractivity (Wildman–Crippen MR) is 52.9 cm³/mol. The number of hydrogen-bond acceptors (Lipinski definition) is 3. The van der Waals surface area contributed by atoms with Crippen molar-refractivity contribution in [2.24, 2.45) is 0 Å². The Balaban J connectivity index is 2.25. The first-order valence-electron chi connectivity index (χ1n) is 5.17. The summed E-state index contributed by atoms with van der Waals surface area (Å²) in [6, 6.07) is 0.619. The van der Waals surface area contributed by atoms with Crippen LogP contribution in [0.1, 0.15) is 20.8 Å². The van der Waals surface area contributed by atoms with Crippen LogP contribution in [0.15, 0.2) is 0 Å². The maximum Gasteiger partial charge on any atom is 0.0935 e. The Kier molecular flexibility index (Phi) is 4.70. The van der Waals surface area contributed by atoms with Gasteiger partial charge in [0, 0.05) is 25.7 Å². The van der Waals surface area contributed by atoms with E-state index in [4.69, 9.17) is 9.47 Å². The number of nitrogens with zero attached hydrogens (tertiary/aromatic N) is 1. The fourth-order valence-corrected chi connectivity index (χ4v) is 1.56. The summed E-state index contributed by atoms with van der Waals surface area (Å²) >= 11 is 0. The molecule has 0 aromatic heterocycles. The summed E-state index contributed by atoms with van der Waals surface area (Å²) in [4.78, 5) is 2.44. The largest absolute Gasteiger partial charge is 0.379 e. The zero-order valence-corrected chi connectivity index (χ0v) is 8.95. The van der Waals surface area contributed by atoms with Gasteiger partial charge in [0.2, 0.25) is 0 Å². The second-order valence-electron chi connectivity index (χ2n) is 3.74. The number of rotatable bonds is 4. The lowest BCUT2D eigenvalue weighted by Gasteiger charge is -2.35. The Morgan fingerprint density at radius 1 is 1.54 bits per heavy atom.